The summed E-state index contributed by atoms with van der Waals surface area (Å²) in [5.41, 5.74) is 0.717. The highest BCUT2D eigenvalue weighted by atomic mass is 32.2. The molecule has 3 N–H and O–H groups in total. The van der Waals surface area contributed by atoms with E-state index in [9.17, 15) is 23.6 Å². The first-order valence-electron chi connectivity index (χ1n) is 10.1. The fourth-order valence-corrected chi connectivity index (χ4v) is 4.78. The normalized spacial score (nSPS) is 25.4. The minimum absolute atomic E-state index is 0.0227. The summed E-state index contributed by atoms with van der Waals surface area (Å²) in [5, 5.41) is 8.48. The van der Waals surface area contributed by atoms with E-state index >= 15 is 0 Å². The number of rotatable bonds is 7. The minimum atomic E-state index is -0.665. The number of hydrogen-bond acceptors (Lipinski definition) is 8. The lowest BCUT2D eigenvalue weighted by Crippen LogP contribution is -2.72. The summed E-state index contributed by atoms with van der Waals surface area (Å²) in [7, 11) is 3.01. The fourth-order valence-electron chi connectivity index (χ4n) is 3.65. The van der Waals surface area contributed by atoms with Crippen molar-refractivity contribution in [2.45, 2.75) is 24.6 Å². The first kappa shape index (κ1) is 24.0. The number of nitrogens with one attached hydrogen (secondary N) is 3. The van der Waals surface area contributed by atoms with Gasteiger partial charge >= 0.3 is 12.0 Å². The molecule has 2 aliphatic rings. The number of benzene rings is 1. The van der Waals surface area contributed by atoms with Gasteiger partial charge in [0.15, 0.2) is 0 Å². The number of nitrogens with zero attached hydrogens (tertiary/aromatic N) is 2. The van der Waals surface area contributed by atoms with Crippen LogP contribution in [0.2, 0.25) is 0 Å². The Morgan fingerprint density at radius 2 is 1.88 bits per heavy atom. The molecule has 0 bridgehead atoms. The monoisotopic (exact) mass is 467 g/mol. The van der Waals surface area contributed by atoms with E-state index in [4.69, 9.17) is 4.74 Å². The van der Waals surface area contributed by atoms with Crippen LogP contribution in [-0.4, -0.2) is 78.2 Å². The second kappa shape index (κ2) is 10.3. The molecular weight excluding hydrogens is 441 g/mol. The lowest BCUT2D eigenvalue weighted by molar-refractivity contribution is -0.143. The van der Waals surface area contributed by atoms with Crippen LogP contribution < -0.4 is 16.0 Å². The molecule has 174 valence electrons. The van der Waals surface area contributed by atoms with Crippen molar-refractivity contribution >= 4 is 35.6 Å². The molecule has 3 rings (SSSR count). The zero-order chi connectivity index (χ0) is 23.4. The molecule has 4 amide bonds. The van der Waals surface area contributed by atoms with E-state index in [1.807, 2.05) is 0 Å². The quantitative estimate of drug-likeness (QED) is 0.488. The third-order valence-electron chi connectivity index (χ3n) is 5.29. The second-order valence-corrected chi connectivity index (χ2v) is 8.52. The predicted molar refractivity (Wildman–Crippen MR) is 115 cm³/mol. The Hall–Kier alpha value is -2.70. The second-order valence-electron chi connectivity index (χ2n) is 7.39. The average Bonchev–Trinajstić information content (AvgIpc) is 2.78. The zero-order valence-corrected chi connectivity index (χ0v) is 18.8. The van der Waals surface area contributed by atoms with Crippen molar-refractivity contribution in [3.8, 4) is 0 Å². The molecule has 0 saturated carbocycles. The minimum Gasteiger partial charge on any atom is -0.465 e. The number of imide groups is 1. The Morgan fingerprint density at radius 1 is 1.19 bits per heavy atom. The maximum Gasteiger partial charge on any atom is 0.327 e. The number of halogens is 1. The molecule has 2 aliphatic heterocycles. The molecule has 0 spiro atoms. The topological polar surface area (TPSA) is 120 Å². The van der Waals surface area contributed by atoms with Crippen molar-refractivity contribution in [2.24, 2.45) is 5.92 Å². The van der Waals surface area contributed by atoms with Crippen LogP contribution in [0.5, 0.6) is 0 Å². The number of carbonyl (C=O) groups excluding carboxylic acids is 4. The van der Waals surface area contributed by atoms with Crippen LogP contribution in [0.15, 0.2) is 24.3 Å². The Bertz CT molecular complexity index is 886. The molecule has 0 aliphatic carbocycles. The van der Waals surface area contributed by atoms with Crippen LogP contribution in [0.1, 0.15) is 18.7 Å². The van der Waals surface area contributed by atoms with Gasteiger partial charge < -0.3 is 15.0 Å². The lowest BCUT2D eigenvalue weighted by atomic mass is 9.96. The number of ether oxygens (including phenoxy) is 1. The van der Waals surface area contributed by atoms with Gasteiger partial charge in [0, 0.05) is 14.1 Å². The van der Waals surface area contributed by atoms with Gasteiger partial charge in [-0.1, -0.05) is 12.1 Å². The molecule has 2 saturated heterocycles. The third-order valence-corrected chi connectivity index (χ3v) is 6.51. The number of urea groups is 1. The highest BCUT2D eigenvalue weighted by Crippen LogP contribution is 2.34. The van der Waals surface area contributed by atoms with E-state index in [1.54, 1.807) is 26.1 Å². The summed E-state index contributed by atoms with van der Waals surface area (Å²) in [5.74, 6) is -2.37. The highest BCUT2D eigenvalue weighted by Gasteiger charge is 2.51. The molecule has 32 heavy (non-hydrogen) atoms. The van der Waals surface area contributed by atoms with Crippen LogP contribution >= 0.6 is 11.8 Å². The number of esters is 1. The molecule has 2 fully saturated rings. The maximum atomic E-state index is 13.4. The van der Waals surface area contributed by atoms with Gasteiger partial charge in [-0.25, -0.2) is 9.18 Å². The van der Waals surface area contributed by atoms with Gasteiger partial charge in [-0.3, -0.25) is 29.9 Å². The maximum absolute atomic E-state index is 13.4. The molecule has 12 heteroatoms. The summed E-state index contributed by atoms with van der Waals surface area (Å²) >= 11 is 1.19. The number of fused-ring (bicyclic) bond motifs is 1. The van der Waals surface area contributed by atoms with Crippen LogP contribution in [0.4, 0.5) is 9.18 Å². The number of amides is 4. The smallest absolute Gasteiger partial charge is 0.327 e. The molecule has 1 aromatic carbocycles. The third kappa shape index (κ3) is 5.19. The van der Waals surface area contributed by atoms with Gasteiger partial charge in [0.05, 0.1) is 36.0 Å². The largest absolute Gasteiger partial charge is 0.465 e. The lowest BCUT2D eigenvalue weighted by Gasteiger charge is -2.50. The predicted octanol–water partition coefficient (Wildman–Crippen LogP) is 0.222. The van der Waals surface area contributed by atoms with Crippen molar-refractivity contribution < 1.29 is 28.3 Å². The van der Waals surface area contributed by atoms with Gasteiger partial charge in [-0.05, 0) is 24.6 Å². The first-order chi connectivity index (χ1) is 15.2. The van der Waals surface area contributed by atoms with Crippen molar-refractivity contribution in [1.29, 1.82) is 0 Å². The summed E-state index contributed by atoms with van der Waals surface area (Å²) in [6, 6.07) is 5.41. The number of hydrogen-bond donors (Lipinski definition) is 3. The molecule has 1 aromatic rings. The molecule has 10 nitrogen and oxygen atoms in total. The average molecular weight is 468 g/mol. The van der Waals surface area contributed by atoms with Gasteiger partial charge in [-0.15, -0.1) is 11.8 Å². The van der Waals surface area contributed by atoms with Crippen molar-refractivity contribution in [2.75, 3.05) is 33.0 Å². The van der Waals surface area contributed by atoms with E-state index in [0.29, 0.717) is 0 Å². The molecular formula is C20H26FN5O5S. The van der Waals surface area contributed by atoms with Gasteiger partial charge in [0.25, 0.3) is 0 Å². The summed E-state index contributed by atoms with van der Waals surface area (Å²) in [6.45, 7) is 1.65. The highest BCUT2D eigenvalue weighted by molar-refractivity contribution is 8.00. The van der Waals surface area contributed by atoms with Crippen LogP contribution in [-0.2, 0) is 19.1 Å². The number of thioether (sulfide) groups is 1. The summed E-state index contributed by atoms with van der Waals surface area (Å²) in [6.07, 6.45) is -1.11. The van der Waals surface area contributed by atoms with Crippen molar-refractivity contribution in [3.63, 3.8) is 0 Å². The molecule has 0 radical (unpaired) electrons. The Kier molecular flexibility index (Phi) is 7.69. The molecule has 4 unspecified atom stereocenters. The molecule has 4 atom stereocenters. The van der Waals surface area contributed by atoms with Gasteiger partial charge in [0.1, 0.15) is 12.4 Å². The van der Waals surface area contributed by atoms with E-state index in [2.05, 4.69) is 16.0 Å². The van der Waals surface area contributed by atoms with E-state index in [0.717, 1.165) is 10.5 Å². The summed E-state index contributed by atoms with van der Waals surface area (Å²) < 4.78 is 18.2. The van der Waals surface area contributed by atoms with Crippen LogP contribution in [0.25, 0.3) is 0 Å². The van der Waals surface area contributed by atoms with Gasteiger partial charge in [-0.2, -0.15) is 0 Å². The fraction of sp³-hybridized carbons (Fsp3) is 0.500. The van der Waals surface area contributed by atoms with Crippen LogP contribution in [0.3, 0.4) is 0 Å². The van der Waals surface area contributed by atoms with Crippen molar-refractivity contribution in [3.05, 3.63) is 35.6 Å². The van der Waals surface area contributed by atoms with E-state index in [-0.39, 0.29) is 36.5 Å². The first-order valence-corrected chi connectivity index (χ1v) is 11.1. The van der Waals surface area contributed by atoms with E-state index in [1.165, 1.54) is 35.8 Å². The molecule has 0 aromatic heterocycles. The van der Waals surface area contributed by atoms with Crippen molar-refractivity contribution in [1.82, 2.24) is 25.8 Å². The SMILES string of the molecule is CCOC(=O)CNC(=O)CSC1NC(c2ccc(F)cc2)NC2C1C(=O)N(C)C(=O)N2C. The Balaban J connectivity index is 1.75. The van der Waals surface area contributed by atoms with E-state index < -0.39 is 35.6 Å². The standard InChI is InChI=1S/C20H26FN5O5S/c1-4-31-14(28)9-22-13(27)10-32-18-15-17(25(2)20(30)26(3)19(15)29)23-16(24-18)11-5-7-12(21)8-6-11/h5-8,15-18,23-24H,4,9-10H2,1-3H3,(H,22,27). The van der Waals surface area contributed by atoms with Crippen LogP contribution in [0, 0.1) is 11.7 Å². The molecule has 2 heterocycles. The van der Waals surface area contributed by atoms with Gasteiger partial charge in [0.2, 0.25) is 11.8 Å². The zero-order valence-electron chi connectivity index (χ0n) is 18.0. The Morgan fingerprint density at radius 3 is 2.53 bits per heavy atom. The number of carbonyl (C=O) groups is 4. The summed E-state index contributed by atoms with van der Waals surface area (Å²) in [4.78, 5) is 51.5. The Labute approximate surface area is 189 Å².